The van der Waals surface area contributed by atoms with E-state index in [0.29, 0.717) is 12.3 Å². The van der Waals surface area contributed by atoms with Crippen LogP contribution in [0.1, 0.15) is 25.8 Å². The van der Waals surface area contributed by atoms with Crippen molar-refractivity contribution in [3.8, 4) is 0 Å². The summed E-state index contributed by atoms with van der Waals surface area (Å²) in [6.45, 7) is 7.20. The Hall–Kier alpha value is -0.870. The van der Waals surface area contributed by atoms with E-state index in [1.54, 1.807) is 0 Å². The molecule has 1 unspecified atom stereocenters. The van der Waals surface area contributed by atoms with Crippen LogP contribution < -0.4 is 10.2 Å². The quantitative estimate of drug-likeness (QED) is 0.926. The fraction of sp³-hybridized carbons (Fsp3) is 0.533. The molecular formula is C15H21BrN2O. The minimum absolute atomic E-state index is 0.169. The summed E-state index contributed by atoms with van der Waals surface area (Å²) in [5, 5.41) is 3.19. The Morgan fingerprint density at radius 3 is 2.74 bits per heavy atom. The Morgan fingerprint density at radius 1 is 1.47 bits per heavy atom. The third-order valence-electron chi connectivity index (χ3n) is 4.04. The van der Waals surface area contributed by atoms with Crippen LogP contribution in [0.3, 0.4) is 0 Å². The number of halogens is 1. The molecule has 0 aliphatic carbocycles. The van der Waals surface area contributed by atoms with Gasteiger partial charge < -0.3 is 10.2 Å². The Bertz CT molecular complexity index is 499. The smallest absolute Gasteiger partial charge is 0.227 e. The molecule has 1 atom stereocenters. The lowest BCUT2D eigenvalue weighted by Crippen LogP contribution is -2.46. The van der Waals surface area contributed by atoms with Gasteiger partial charge in [0.15, 0.2) is 0 Å². The predicted molar refractivity (Wildman–Crippen MR) is 82.5 cm³/mol. The molecule has 1 N–H and O–H groups in total. The molecule has 1 aliphatic heterocycles. The number of carbonyl (C=O) groups excluding carboxylic acids is 1. The van der Waals surface area contributed by atoms with Crippen molar-refractivity contribution in [2.75, 3.05) is 18.5 Å². The summed E-state index contributed by atoms with van der Waals surface area (Å²) >= 11 is 3.59. The van der Waals surface area contributed by atoms with Gasteiger partial charge in [-0.05, 0) is 61.4 Å². The number of anilines is 1. The molecular weight excluding hydrogens is 304 g/mol. The minimum Gasteiger partial charge on any atom is -0.319 e. The van der Waals surface area contributed by atoms with Crippen molar-refractivity contribution < 1.29 is 4.79 Å². The zero-order valence-electron chi connectivity index (χ0n) is 12.0. The molecule has 1 fully saturated rings. The van der Waals surface area contributed by atoms with E-state index < -0.39 is 0 Å². The van der Waals surface area contributed by atoms with E-state index >= 15 is 0 Å². The van der Waals surface area contributed by atoms with E-state index in [2.05, 4.69) is 54.2 Å². The van der Waals surface area contributed by atoms with Crippen LogP contribution >= 0.6 is 15.9 Å². The van der Waals surface area contributed by atoms with Crippen LogP contribution in [0.2, 0.25) is 0 Å². The molecule has 0 bridgehead atoms. The van der Waals surface area contributed by atoms with E-state index in [-0.39, 0.29) is 11.4 Å². The van der Waals surface area contributed by atoms with E-state index in [1.807, 2.05) is 18.0 Å². The molecule has 0 saturated carbocycles. The summed E-state index contributed by atoms with van der Waals surface area (Å²) in [4.78, 5) is 14.3. The number of carbonyl (C=O) groups is 1. The summed E-state index contributed by atoms with van der Waals surface area (Å²) in [6, 6.07) is 6.14. The Morgan fingerprint density at radius 2 is 2.16 bits per heavy atom. The second-order valence-electron chi connectivity index (χ2n) is 5.80. The van der Waals surface area contributed by atoms with Gasteiger partial charge in [0, 0.05) is 28.9 Å². The first-order chi connectivity index (χ1) is 8.87. The van der Waals surface area contributed by atoms with Crippen LogP contribution in [0.5, 0.6) is 0 Å². The molecule has 19 heavy (non-hydrogen) atoms. The SMILES string of the molecule is CNCC1CC(=O)N(c2ccc(C)cc2Br)C1(C)C. The van der Waals surface area contributed by atoms with Crippen molar-refractivity contribution in [2.24, 2.45) is 5.92 Å². The number of amides is 1. The number of hydrogen-bond acceptors (Lipinski definition) is 2. The fourth-order valence-corrected chi connectivity index (χ4v) is 3.53. The van der Waals surface area contributed by atoms with Gasteiger partial charge in [-0.2, -0.15) is 0 Å². The molecule has 0 spiro atoms. The standard InChI is InChI=1S/C15H21BrN2O/c1-10-5-6-13(12(16)7-10)18-14(19)8-11(9-17-4)15(18,2)3/h5-7,11,17H,8-9H2,1-4H3. The Kier molecular flexibility index (Phi) is 4.02. The maximum absolute atomic E-state index is 12.4. The first-order valence-corrected chi connectivity index (χ1v) is 7.41. The maximum Gasteiger partial charge on any atom is 0.227 e. The molecule has 104 valence electrons. The van der Waals surface area contributed by atoms with Crippen LogP contribution in [0, 0.1) is 12.8 Å². The van der Waals surface area contributed by atoms with Gasteiger partial charge in [-0.3, -0.25) is 4.79 Å². The normalized spacial score (nSPS) is 22.1. The second kappa shape index (κ2) is 5.25. The summed E-state index contributed by atoms with van der Waals surface area (Å²) in [7, 11) is 1.94. The summed E-state index contributed by atoms with van der Waals surface area (Å²) in [6.07, 6.45) is 0.605. The zero-order chi connectivity index (χ0) is 14.2. The van der Waals surface area contributed by atoms with Crippen molar-refractivity contribution in [3.05, 3.63) is 28.2 Å². The number of rotatable bonds is 3. The third kappa shape index (κ3) is 2.56. The number of aryl methyl sites for hydroxylation is 1. The number of hydrogen-bond donors (Lipinski definition) is 1. The highest BCUT2D eigenvalue weighted by Gasteiger charge is 2.46. The molecule has 1 saturated heterocycles. The highest BCUT2D eigenvalue weighted by Crippen LogP contribution is 2.41. The molecule has 2 rings (SSSR count). The molecule has 1 aromatic carbocycles. The van der Waals surface area contributed by atoms with Gasteiger partial charge in [-0.15, -0.1) is 0 Å². The van der Waals surface area contributed by atoms with Gasteiger partial charge in [-0.1, -0.05) is 6.07 Å². The van der Waals surface area contributed by atoms with E-state index in [1.165, 1.54) is 5.56 Å². The first kappa shape index (κ1) is 14.5. The van der Waals surface area contributed by atoms with Crippen LogP contribution in [0.15, 0.2) is 22.7 Å². The van der Waals surface area contributed by atoms with Crippen molar-refractivity contribution in [1.29, 1.82) is 0 Å². The van der Waals surface area contributed by atoms with Gasteiger partial charge in [0.2, 0.25) is 5.91 Å². The zero-order valence-corrected chi connectivity index (χ0v) is 13.5. The van der Waals surface area contributed by atoms with Gasteiger partial charge in [0.05, 0.1) is 5.69 Å². The predicted octanol–water partition coefficient (Wildman–Crippen LogP) is 3.11. The topological polar surface area (TPSA) is 32.3 Å². The summed E-state index contributed by atoms with van der Waals surface area (Å²) in [5.74, 6) is 0.535. The minimum atomic E-state index is -0.169. The Labute approximate surface area is 123 Å². The molecule has 0 radical (unpaired) electrons. The first-order valence-electron chi connectivity index (χ1n) is 6.61. The van der Waals surface area contributed by atoms with Crippen LogP contribution in [-0.4, -0.2) is 25.0 Å². The highest BCUT2D eigenvalue weighted by molar-refractivity contribution is 9.10. The third-order valence-corrected chi connectivity index (χ3v) is 4.68. The number of nitrogens with one attached hydrogen (secondary N) is 1. The lowest BCUT2D eigenvalue weighted by molar-refractivity contribution is -0.117. The van der Waals surface area contributed by atoms with Crippen LogP contribution in [0.25, 0.3) is 0 Å². The molecule has 1 heterocycles. The molecule has 1 aliphatic rings. The molecule has 1 amide bonds. The molecule has 4 heteroatoms. The lowest BCUT2D eigenvalue weighted by atomic mass is 9.88. The van der Waals surface area contributed by atoms with Gasteiger partial charge in [-0.25, -0.2) is 0 Å². The molecule has 1 aromatic rings. The summed E-state index contributed by atoms with van der Waals surface area (Å²) in [5.41, 5.74) is 1.99. The fourth-order valence-electron chi connectivity index (χ4n) is 2.86. The largest absolute Gasteiger partial charge is 0.319 e. The number of nitrogens with zero attached hydrogens (tertiary/aromatic N) is 1. The van der Waals surface area contributed by atoms with E-state index in [9.17, 15) is 4.79 Å². The highest BCUT2D eigenvalue weighted by atomic mass is 79.9. The average Bonchev–Trinajstić information content (AvgIpc) is 2.52. The lowest BCUT2D eigenvalue weighted by Gasteiger charge is -2.36. The van der Waals surface area contributed by atoms with Crippen LogP contribution in [0.4, 0.5) is 5.69 Å². The number of benzene rings is 1. The van der Waals surface area contributed by atoms with E-state index in [4.69, 9.17) is 0 Å². The average molecular weight is 325 g/mol. The second-order valence-corrected chi connectivity index (χ2v) is 6.65. The maximum atomic E-state index is 12.4. The van der Waals surface area contributed by atoms with Gasteiger partial charge in [0.25, 0.3) is 0 Å². The van der Waals surface area contributed by atoms with Crippen LogP contribution in [-0.2, 0) is 4.79 Å². The summed E-state index contributed by atoms with van der Waals surface area (Å²) < 4.78 is 0.985. The van der Waals surface area contributed by atoms with Gasteiger partial charge >= 0.3 is 0 Å². The van der Waals surface area contributed by atoms with Crippen molar-refractivity contribution in [1.82, 2.24) is 5.32 Å². The molecule has 3 nitrogen and oxygen atoms in total. The monoisotopic (exact) mass is 324 g/mol. The van der Waals surface area contributed by atoms with Gasteiger partial charge in [0.1, 0.15) is 0 Å². The van der Waals surface area contributed by atoms with Crippen molar-refractivity contribution >= 4 is 27.5 Å². The van der Waals surface area contributed by atoms with Crippen molar-refractivity contribution in [2.45, 2.75) is 32.7 Å². The van der Waals surface area contributed by atoms with E-state index in [0.717, 1.165) is 16.7 Å². The Balaban J connectivity index is 2.40. The molecule has 0 aromatic heterocycles. The van der Waals surface area contributed by atoms with Crippen molar-refractivity contribution in [3.63, 3.8) is 0 Å².